The lowest BCUT2D eigenvalue weighted by molar-refractivity contribution is -0.140. The number of aliphatic hydroxyl groups is 1. The van der Waals surface area contributed by atoms with Crippen molar-refractivity contribution in [3.63, 3.8) is 0 Å². The van der Waals surface area contributed by atoms with Gasteiger partial charge in [0.15, 0.2) is 0 Å². The highest BCUT2D eigenvalue weighted by atomic mass is 16.5. The Hall–Kier alpha value is -3.94. The van der Waals surface area contributed by atoms with Gasteiger partial charge in [0.1, 0.15) is 11.5 Å². The van der Waals surface area contributed by atoms with E-state index in [1.807, 2.05) is 6.07 Å². The highest BCUT2D eigenvalue weighted by Crippen LogP contribution is 2.41. The van der Waals surface area contributed by atoms with Crippen molar-refractivity contribution in [2.75, 3.05) is 7.11 Å². The molecule has 0 aliphatic carbocycles. The number of Topliss-reactive ketones (excluding diaryl/α,β-unsaturated/α-hetero) is 1. The van der Waals surface area contributed by atoms with Crippen LogP contribution in [-0.2, 0) is 16.1 Å². The average molecular weight is 418 g/mol. The largest absolute Gasteiger partial charge is 0.507 e. The number of amides is 1. The number of aliphatic hydroxyl groups excluding tert-OH is 1. The van der Waals surface area contributed by atoms with Crippen molar-refractivity contribution >= 4 is 17.4 Å². The number of ketones is 1. The highest BCUT2D eigenvalue weighted by molar-refractivity contribution is 6.46. The van der Waals surface area contributed by atoms with E-state index in [1.165, 1.54) is 4.90 Å². The van der Waals surface area contributed by atoms with E-state index in [1.54, 1.807) is 63.7 Å². The number of ether oxygens (including phenoxy) is 1. The first-order valence-electron chi connectivity index (χ1n) is 9.75. The minimum Gasteiger partial charge on any atom is -0.507 e. The molecule has 2 N–H and O–H groups in total. The van der Waals surface area contributed by atoms with E-state index in [4.69, 9.17) is 4.74 Å². The Morgan fingerprint density at radius 3 is 2.68 bits per heavy atom. The van der Waals surface area contributed by atoms with Crippen LogP contribution in [0.1, 0.15) is 34.1 Å². The maximum absolute atomic E-state index is 13.1. The molecule has 3 heterocycles. The van der Waals surface area contributed by atoms with Gasteiger partial charge in [0.2, 0.25) is 0 Å². The van der Waals surface area contributed by atoms with Gasteiger partial charge in [-0.05, 0) is 43.2 Å². The van der Waals surface area contributed by atoms with Gasteiger partial charge in [0.05, 0.1) is 30.0 Å². The quantitative estimate of drug-likeness (QED) is 0.375. The normalized spacial score (nSPS) is 17.9. The molecule has 8 nitrogen and oxygen atoms in total. The van der Waals surface area contributed by atoms with Crippen molar-refractivity contribution in [1.29, 1.82) is 0 Å². The van der Waals surface area contributed by atoms with Crippen molar-refractivity contribution in [1.82, 2.24) is 20.1 Å². The fourth-order valence-corrected chi connectivity index (χ4v) is 3.92. The Bertz CT molecular complexity index is 1160. The molecule has 0 bridgehead atoms. The zero-order valence-corrected chi connectivity index (χ0v) is 17.4. The lowest BCUT2D eigenvalue weighted by Gasteiger charge is -2.25. The lowest BCUT2D eigenvalue weighted by Crippen LogP contribution is -2.29. The van der Waals surface area contributed by atoms with Gasteiger partial charge in [-0.15, -0.1) is 0 Å². The Morgan fingerprint density at radius 2 is 2.03 bits per heavy atom. The number of H-pyrrole nitrogens is 1. The van der Waals surface area contributed by atoms with E-state index in [0.29, 0.717) is 28.3 Å². The number of hydrogen-bond acceptors (Lipinski definition) is 6. The van der Waals surface area contributed by atoms with Crippen LogP contribution >= 0.6 is 0 Å². The number of benzene rings is 1. The molecule has 1 amide bonds. The zero-order valence-electron chi connectivity index (χ0n) is 17.4. The van der Waals surface area contributed by atoms with Crippen molar-refractivity contribution < 1.29 is 19.4 Å². The molecule has 158 valence electrons. The van der Waals surface area contributed by atoms with Gasteiger partial charge in [0.25, 0.3) is 11.7 Å². The number of methoxy groups -OCH3 is 1. The second-order valence-electron chi connectivity index (χ2n) is 7.37. The van der Waals surface area contributed by atoms with Crippen LogP contribution in [-0.4, -0.2) is 44.0 Å². The first kappa shape index (κ1) is 20.3. The minimum absolute atomic E-state index is 0.0229. The van der Waals surface area contributed by atoms with Gasteiger partial charge in [0, 0.05) is 24.6 Å². The van der Waals surface area contributed by atoms with Crippen LogP contribution in [0.4, 0.5) is 0 Å². The fourth-order valence-electron chi connectivity index (χ4n) is 3.92. The summed E-state index contributed by atoms with van der Waals surface area (Å²) in [5.74, 6) is -1.09. The number of nitrogens with zero attached hydrogens (tertiary/aromatic N) is 3. The summed E-state index contributed by atoms with van der Waals surface area (Å²) >= 11 is 0. The average Bonchev–Trinajstić information content (AvgIpc) is 3.25. The first-order chi connectivity index (χ1) is 14.9. The van der Waals surface area contributed by atoms with Crippen molar-refractivity contribution in [3.8, 4) is 5.75 Å². The van der Waals surface area contributed by atoms with Gasteiger partial charge in [-0.1, -0.05) is 18.2 Å². The molecule has 0 spiro atoms. The molecule has 1 unspecified atom stereocenters. The topological polar surface area (TPSA) is 108 Å². The molecule has 2 aromatic heterocycles. The Kier molecular flexibility index (Phi) is 5.29. The Labute approximate surface area is 179 Å². The summed E-state index contributed by atoms with van der Waals surface area (Å²) < 4.78 is 5.34. The monoisotopic (exact) mass is 418 g/mol. The van der Waals surface area contributed by atoms with Crippen LogP contribution in [0.3, 0.4) is 0 Å². The van der Waals surface area contributed by atoms with Gasteiger partial charge in [-0.2, -0.15) is 5.10 Å². The third-order valence-electron chi connectivity index (χ3n) is 5.39. The molecule has 0 saturated carbocycles. The Balaban J connectivity index is 1.91. The molecule has 1 fully saturated rings. The number of aromatic nitrogens is 3. The molecule has 8 heteroatoms. The molecule has 1 saturated heterocycles. The summed E-state index contributed by atoms with van der Waals surface area (Å²) in [5, 5.41) is 18.1. The molecule has 1 atom stereocenters. The molecule has 4 rings (SSSR count). The molecular weight excluding hydrogens is 396 g/mol. The minimum atomic E-state index is -0.788. The van der Waals surface area contributed by atoms with E-state index < -0.39 is 17.7 Å². The summed E-state index contributed by atoms with van der Waals surface area (Å²) in [5.41, 5.74) is 3.02. The van der Waals surface area contributed by atoms with E-state index >= 15 is 0 Å². The van der Waals surface area contributed by atoms with Crippen LogP contribution in [0, 0.1) is 13.8 Å². The van der Waals surface area contributed by atoms with Crippen molar-refractivity contribution in [2.24, 2.45) is 0 Å². The molecule has 1 aliphatic rings. The second kappa shape index (κ2) is 8.06. The first-order valence-corrected chi connectivity index (χ1v) is 9.75. The molecule has 31 heavy (non-hydrogen) atoms. The number of carbonyl (C=O) groups excluding carboxylic acids is 2. The summed E-state index contributed by atoms with van der Waals surface area (Å²) in [6, 6.07) is 9.94. The Morgan fingerprint density at radius 1 is 1.23 bits per heavy atom. The molecule has 3 aromatic rings. The van der Waals surface area contributed by atoms with Gasteiger partial charge < -0.3 is 14.7 Å². The molecule has 1 aliphatic heterocycles. The molecular formula is C23H22N4O4. The van der Waals surface area contributed by atoms with Crippen LogP contribution in [0.5, 0.6) is 5.75 Å². The number of nitrogens with one attached hydrogen (secondary N) is 1. The van der Waals surface area contributed by atoms with E-state index in [0.717, 1.165) is 5.56 Å². The summed E-state index contributed by atoms with van der Waals surface area (Å²) in [7, 11) is 1.55. The number of carbonyl (C=O) groups is 2. The second-order valence-corrected chi connectivity index (χ2v) is 7.37. The lowest BCUT2D eigenvalue weighted by atomic mass is 9.94. The fraction of sp³-hybridized carbons (Fsp3) is 0.217. The summed E-state index contributed by atoms with van der Waals surface area (Å²) in [4.78, 5) is 31.7. The van der Waals surface area contributed by atoms with E-state index in [2.05, 4.69) is 15.2 Å². The summed E-state index contributed by atoms with van der Waals surface area (Å²) in [6.45, 7) is 3.65. The number of aromatic amines is 1. The standard InChI is InChI=1S/C23H22N4O4/c1-13-18(14(2)26-25-13)21(28)19-20(16-7-4-8-17(10-16)31-3)27(23(30)22(19)29)12-15-6-5-9-24-11-15/h4-11,20,28H,12H2,1-3H3,(H,25,26). The van der Waals surface area contributed by atoms with Crippen molar-refractivity contribution in [3.05, 3.63) is 82.4 Å². The van der Waals surface area contributed by atoms with Crippen LogP contribution in [0.25, 0.3) is 5.76 Å². The predicted molar refractivity (Wildman–Crippen MR) is 113 cm³/mol. The summed E-state index contributed by atoms with van der Waals surface area (Å²) in [6.07, 6.45) is 3.29. The number of rotatable bonds is 5. The van der Waals surface area contributed by atoms with Gasteiger partial charge in [-0.25, -0.2) is 0 Å². The SMILES string of the molecule is COc1cccc(C2C(=C(O)c3c(C)n[nH]c3C)C(=O)C(=O)N2Cc2cccnc2)c1. The predicted octanol–water partition coefficient (Wildman–Crippen LogP) is 3.05. The third-order valence-corrected chi connectivity index (χ3v) is 5.39. The van der Waals surface area contributed by atoms with E-state index in [9.17, 15) is 14.7 Å². The van der Waals surface area contributed by atoms with Gasteiger partial charge in [-0.3, -0.25) is 19.7 Å². The number of hydrogen-bond donors (Lipinski definition) is 2. The van der Waals surface area contributed by atoms with Crippen LogP contribution in [0.15, 0.2) is 54.4 Å². The number of aryl methyl sites for hydroxylation is 2. The maximum atomic E-state index is 13.1. The van der Waals surface area contributed by atoms with Gasteiger partial charge >= 0.3 is 0 Å². The highest BCUT2D eigenvalue weighted by Gasteiger charge is 2.46. The maximum Gasteiger partial charge on any atom is 0.295 e. The number of likely N-dealkylation sites (tertiary alicyclic amines) is 1. The molecule has 1 aromatic carbocycles. The number of pyridine rings is 1. The molecule has 0 radical (unpaired) electrons. The van der Waals surface area contributed by atoms with Crippen molar-refractivity contribution in [2.45, 2.75) is 26.4 Å². The smallest absolute Gasteiger partial charge is 0.295 e. The van der Waals surface area contributed by atoms with Crippen LogP contribution in [0.2, 0.25) is 0 Å². The van der Waals surface area contributed by atoms with E-state index in [-0.39, 0.29) is 17.9 Å². The third kappa shape index (κ3) is 3.56. The zero-order chi connectivity index (χ0) is 22.1. The van der Waals surface area contributed by atoms with Crippen LogP contribution < -0.4 is 4.74 Å².